The van der Waals surface area contributed by atoms with Crippen LogP contribution in [0.1, 0.15) is 51.3 Å². The Morgan fingerprint density at radius 1 is 1.23 bits per heavy atom. The minimum Gasteiger partial charge on any atom is -0.484 e. The zero-order chi connectivity index (χ0) is 22.8. The van der Waals surface area contributed by atoms with Crippen molar-refractivity contribution >= 4 is 39.3 Å². The Morgan fingerprint density at radius 3 is 2.55 bits per heavy atom. The fourth-order valence-corrected chi connectivity index (χ4v) is 4.45. The van der Waals surface area contributed by atoms with E-state index < -0.39 is 0 Å². The Hall–Kier alpha value is -2.60. The van der Waals surface area contributed by atoms with Crippen molar-refractivity contribution in [2.75, 3.05) is 11.5 Å². The predicted octanol–water partition coefficient (Wildman–Crippen LogP) is 5.70. The van der Waals surface area contributed by atoms with Gasteiger partial charge in [0.25, 0.3) is 5.91 Å². The van der Waals surface area contributed by atoms with Gasteiger partial charge in [-0.15, -0.1) is 0 Å². The number of nitrogens with zero attached hydrogens (tertiary/aromatic N) is 2. The number of nitrogens with one attached hydrogen (secondary N) is 1. The van der Waals surface area contributed by atoms with Crippen LogP contribution in [0, 0.1) is 6.92 Å². The number of hydrogen-bond acceptors (Lipinski definition) is 4. The smallest absolute Gasteiger partial charge is 0.277 e. The third-order valence-corrected chi connectivity index (χ3v) is 5.88. The van der Waals surface area contributed by atoms with Gasteiger partial charge in [-0.05, 0) is 94.6 Å². The quantitative estimate of drug-likeness (QED) is 0.423. The zero-order valence-corrected chi connectivity index (χ0v) is 20.6. The maximum absolute atomic E-state index is 12.1. The predicted molar refractivity (Wildman–Crippen MR) is 132 cm³/mol. The van der Waals surface area contributed by atoms with Crippen LogP contribution in [0.2, 0.25) is 0 Å². The molecule has 1 aliphatic rings. The van der Waals surface area contributed by atoms with Crippen molar-refractivity contribution in [1.29, 1.82) is 0 Å². The Bertz CT molecular complexity index is 1020. The molecule has 0 aromatic heterocycles. The van der Waals surface area contributed by atoms with Gasteiger partial charge in [0.2, 0.25) is 0 Å². The van der Waals surface area contributed by atoms with E-state index in [0.717, 1.165) is 15.6 Å². The minimum atomic E-state index is -0.307. The topological polar surface area (TPSA) is 53.9 Å². The maximum Gasteiger partial charge on any atom is 0.277 e. The van der Waals surface area contributed by atoms with Crippen molar-refractivity contribution in [1.82, 2.24) is 5.43 Å². The lowest BCUT2D eigenvalue weighted by atomic mass is 9.86. The Morgan fingerprint density at radius 2 is 1.90 bits per heavy atom. The molecule has 31 heavy (non-hydrogen) atoms. The number of halogens is 1. The number of allylic oxidation sites excluding steroid dienone is 1. The lowest BCUT2D eigenvalue weighted by Crippen LogP contribution is -2.49. The van der Waals surface area contributed by atoms with Crippen LogP contribution in [0.4, 0.5) is 5.69 Å². The fourth-order valence-electron chi connectivity index (χ4n) is 4.18. The van der Waals surface area contributed by atoms with Gasteiger partial charge in [0.15, 0.2) is 6.61 Å². The maximum atomic E-state index is 12.1. The van der Waals surface area contributed by atoms with Crippen LogP contribution in [0.3, 0.4) is 0 Å². The summed E-state index contributed by atoms with van der Waals surface area (Å²) < 4.78 is 6.43. The first-order valence-corrected chi connectivity index (χ1v) is 11.2. The van der Waals surface area contributed by atoms with Crippen LogP contribution in [-0.4, -0.2) is 30.3 Å². The number of fused-ring (bicyclic) bond motifs is 1. The molecule has 0 radical (unpaired) electrons. The number of carbonyl (C=O) groups is 1. The van der Waals surface area contributed by atoms with E-state index in [0.29, 0.717) is 11.8 Å². The van der Waals surface area contributed by atoms with Crippen LogP contribution in [0.25, 0.3) is 5.57 Å². The number of carbonyl (C=O) groups excluding carboxylic acids is 1. The summed E-state index contributed by atoms with van der Waals surface area (Å²) >= 11 is 3.37. The zero-order valence-electron chi connectivity index (χ0n) is 19.0. The van der Waals surface area contributed by atoms with Gasteiger partial charge < -0.3 is 9.64 Å². The van der Waals surface area contributed by atoms with Crippen LogP contribution in [0.5, 0.6) is 5.75 Å². The van der Waals surface area contributed by atoms with Gasteiger partial charge in [0, 0.05) is 21.8 Å². The summed E-state index contributed by atoms with van der Waals surface area (Å²) in [7, 11) is 0. The van der Waals surface area contributed by atoms with Crippen LogP contribution < -0.4 is 15.1 Å². The van der Waals surface area contributed by atoms with Crippen molar-refractivity contribution in [3.8, 4) is 5.75 Å². The molecule has 1 aliphatic heterocycles. The molecule has 0 fully saturated rings. The van der Waals surface area contributed by atoms with E-state index >= 15 is 0 Å². The molecule has 0 saturated heterocycles. The van der Waals surface area contributed by atoms with Crippen molar-refractivity contribution in [2.24, 2.45) is 5.10 Å². The summed E-state index contributed by atoms with van der Waals surface area (Å²) in [4.78, 5) is 14.5. The number of hydrogen-bond donors (Lipinski definition) is 1. The van der Waals surface area contributed by atoms with Gasteiger partial charge in [0.05, 0.1) is 11.8 Å². The number of anilines is 1. The molecule has 164 valence electrons. The van der Waals surface area contributed by atoms with Crippen molar-refractivity contribution in [3.05, 3.63) is 63.6 Å². The number of aryl methyl sites for hydroxylation is 1. The second-order valence-electron chi connectivity index (χ2n) is 8.71. The molecule has 6 heteroatoms. The molecular formula is C25H30BrN3O2. The average Bonchev–Trinajstić information content (AvgIpc) is 2.67. The Labute approximate surface area is 193 Å². The molecular weight excluding hydrogens is 454 g/mol. The van der Waals surface area contributed by atoms with E-state index in [1.54, 1.807) is 18.3 Å². The molecule has 0 aliphatic carbocycles. The molecule has 0 spiro atoms. The van der Waals surface area contributed by atoms with Gasteiger partial charge in [-0.3, -0.25) is 4.79 Å². The number of rotatable bonds is 6. The van der Waals surface area contributed by atoms with Gasteiger partial charge >= 0.3 is 0 Å². The Kier molecular flexibility index (Phi) is 6.90. The van der Waals surface area contributed by atoms with Crippen molar-refractivity contribution < 1.29 is 9.53 Å². The van der Waals surface area contributed by atoms with Gasteiger partial charge in [0.1, 0.15) is 5.75 Å². The molecule has 3 rings (SSSR count). The molecule has 0 bridgehead atoms. The normalized spacial score (nSPS) is 15.1. The van der Waals surface area contributed by atoms with Crippen LogP contribution in [0.15, 0.2) is 52.0 Å². The molecule has 2 aromatic rings. The number of benzene rings is 2. The second-order valence-corrected chi connectivity index (χ2v) is 9.62. The first kappa shape index (κ1) is 23.1. The summed E-state index contributed by atoms with van der Waals surface area (Å²) in [5, 5.41) is 4.14. The van der Waals surface area contributed by atoms with Gasteiger partial charge in [-0.1, -0.05) is 22.0 Å². The first-order chi connectivity index (χ1) is 14.6. The van der Waals surface area contributed by atoms with Crippen molar-refractivity contribution in [3.63, 3.8) is 0 Å². The standard InChI is InChI=1S/C25H30BrN3O2/c1-16(2)29-23-11-17(3)19(12-22(23)18(4)13-25(29,5)6)14-27-28-24(30)15-31-21-9-7-20(26)8-10-21/h7-14,16H,15H2,1-6H3,(H,28,30)/b27-14-. The van der Waals surface area contributed by atoms with E-state index in [2.05, 4.69) is 91.1 Å². The summed E-state index contributed by atoms with van der Waals surface area (Å²) in [6, 6.07) is 12.1. The second kappa shape index (κ2) is 9.27. The molecule has 1 heterocycles. The van der Waals surface area contributed by atoms with Crippen molar-refractivity contribution in [2.45, 2.75) is 53.1 Å². The summed E-state index contributed by atoms with van der Waals surface area (Å²) in [6.45, 7) is 13.1. The van der Waals surface area contributed by atoms with E-state index in [-0.39, 0.29) is 18.1 Å². The molecule has 0 atom stereocenters. The molecule has 1 N–H and O–H groups in total. The minimum absolute atomic E-state index is 0.0455. The van der Waals surface area contributed by atoms with E-state index in [9.17, 15) is 4.79 Å². The fraction of sp³-hybridized carbons (Fsp3) is 0.360. The third-order valence-electron chi connectivity index (χ3n) is 5.35. The summed E-state index contributed by atoms with van der Waals surface area (Å²) in [5.74, 6) is 0.325. The molecule has 1 amide bonds. The third kappa shape index (κ3) is 5.37. The van der Waals surface area contributed by atoms with E-state index in [1.165, 1.54) is 16.8 Å². The van der Waals surface area contributed by atoms with Gasteiger partial charge in [-0.25, -0.2) is 5.43 Å². The highest BCUT2D eigenvalue weighted by Gasteiger charge is 2.33. The van der Waals surface area contributed by atoms with Crippen LogP contribution in [-0.2, 0) is 4.79 Å². The van der Waals surface area contributed by atoms with Crippen LogP contribution >= 0.6 is 15.9 Å². The van der Waals surface area contributed by atoms with E-state index in [1.807, 2.05) is 12.1 Å². The average molecular weight is 484 g/mol. The SMILES string of the molecule is CC1=CC(C)(C)N(C(C)C)c2cc(C)c(/C=N\NC(=O)COc3ccc(Br)cc3)cc21. The molecule has 5 nitrogen and oxygen atoms in total. The number of hydrazone groups is 1. The first-order valence-electron chi connectivity index (χ1n) is 10.4. The largest absolute Gasteiger partial charge is 0.484 e. The van der Waals surface area contributed by atoms with E-state index in [4.69, 9.17) is 4.74 Å². The molecule has 2 aromatic carbocycles. The highest BCUT2D eigenvalue weighted by molar-refractivity contribution is 9.10. The van der Waals surface area contributed by atoms with Gasteiger partial charge in [-0.2, -0.15) is 5.10 Å². The highest BCUT2D eigenvalue weighted by Crippen LogP contribution is 2.41. The molecule has 0 saturated carbocycles. The number of amides is 1. The monoisotopic (exact) mass is 483 g/mol. The number of ether oxygens (including phenoxy) is 1. The summed E-state index contributed by atoms with van der Waals surface area (Å²) in [6.07, 6.45) is 4.01. The lowest BCUT2D eigenvalue weighted by molar-refractivity contribution is -0.123. The Balaban J connectivity index is 1.71. The molecule has 0 unspecified atom stereocenters. The summed E-state index contributed by atoms with van der Waals surface area (Å²) in [5.41, 5.74) is 8.27. The highest BCUT2D eigenvalue weighted by atomic mass is 79.9. The lowest BCUT2D eigenvalue weighted by Gasteiger charge is -2.46.